The van der Waals surface area contributed by atoms with E-state index in [9.17, 15) is 14.9 Å². The van der Waals surface area contributed by atoms with Gasteiger partial charge >= 0.3 is 5.97 Å². The van der Waals surface area contributed by atoms with Crippen LogP contribution in [0.25, 0.3) is 0 Å². The number of likely N-dealkylation sites (N-methyl/N-ethyl adjacent to an activating group) is 1. The summed E-state index contributed by atoms with van der Waals surface area (Å²) in [6.45, 7) is 5.82. The summed E-state index contributed by atoms with van der Waals surface area (Å²) in [6, 6.07) is 4.46. The molecule has 0 aromatic heterocycles. The van der Waals surface area contributed by atoms with Crippen LogP contribution in [0.5, 0.6) is 5.75 Å². The highest BCUT2D eigenvalue weighted by Gasteiger charge is 2.34. The van der Waals surface area contributed by atoms with E-state index in [1.807, 2.05) is 6.92 Å². The molecule has 1 N–H and O–H groups in total. The highest BCUT2D eigenvalue weighted by atomic mass is 16.6. The average Bonchev–Trinajstić information content (AvgIpc) is 2.44. The number of nitrogens with one attached hydrogen (secondary N) is 1. The maximum atomic E-state index is 11.8. The zero-order chi connectivity index (χ0) is 16.0. The number of hydrogen-bond donors (Lipinski definition) is 1. The van der Waals surface area contributed by atoms with Crippen molar-refractivity contribution in [1.82, 2.24) is 5.32 Å². The second-order valence-electron chi connectivity index (χ2n) is 4.85. The molecule has 0 amide bonds. The maximum absolute atomic E-state index is 11.8. The van der Waals surface area contributed by atoms with E-state index < -0.39 is 16.4 Å². The van der Waals surface area contributed by atoms with Gasteiger partial charge in [-0.15, -0.1) is 0 Å². The third kappa shape index (κ3) is 4.16. The largest absolute Gasteiger partial charge is 0.491 e. The number of rotatable bonds is 7. The Morgan fingerprint density at radius 1 is 1.48 bits per heavy atom. The topological polar surface area (TPSA) is 90.7 Å². The number of esters is 1. The van der Waals surface area contributed by atoms with Crippen LogP contribution in [0.2, 0.25) is 0 Å². The fraction of sp³-hybridized carbons (Fsp3) is 0.500. The van der Waals surface area contributed by atoms with Gasteiger partial charge in [-0.25, -0.2) is 4.79 Å². The molecule has 0 aliphatic heterocycles. The van der Waals surface area contributed by atoms with Gasteiger partial charge in [-0.05, 0) is 32.5 Å². The van der Waals surface area contributed by atoms with Crippen molar-refractivity contribution in [1.29, 1.82) is 0 Å². The first-order valence-electron chi connectivity index (χ1n) is 6.55. The third-order valence-corrected chi connectivity index (χ3v) is 3.10. The lowest BCUT2D eigenvalue weighted by atomic mass is 10.0. The van der Waals surface area contributed by atoms with Crippen molar-refractivity contribution in [2.24, 2.45) is 0 Å². The molecule has 1 unspecified atom stereocenters. The SMILES string of the molecule is CCNC(C)(COc1ccc([N+](=O)[O-])c(C)c1)C(=O)OC. The van der Waals surface area contributed by atoms with Crippen LogP contribution in [-0.2, 0) is 9.53 Å². The Morgan fingerprint density at radius 2 is 2.14 bits per heavy atom. The van der Waals surface area contributed by atoms with Gasteiger partial charge in [0.1, 0.15) is 17.9 Å². The van der Waals surface area contributed by atoms with Crippen LogP contribution >= 0.6 is 0 Å². The molecular formula is C14H20N2O5. The normalized spacial score (nSPS) is 13.3. The molecule has 0 spiro atoms. The minimum Gasteiger partial charge on any atom is -0.491 e. The fourth-order valence-corrected chi connectivity index (χ4v) is 1.95. The van der Waals surface area contributed by atoms with E-state index in [-0.39, 0.29) is 12.3 Å². The molecule has 0 fully saturated rings. The second kappa shape index (κ2) is 7.03. The minimum atomic E-state index is -0.973. The molecule has 0 aliphatic rings. The third-order valence-electron chi connectivity index (χ3n) is 3.10. The standard InChI is InChI=1S/C14H20N2O5/c1-5-15-14(3,13(17)20-4)9-21-11-6-7-12(16(18)19)10(2)8-11/h6-8,15H,5,9H2,1-4H3. The van der Waals surface area contributed by atoms with Crippen LogP contribution in [0.15, 0.2) is 18.2 Å². The predicted octanol–water partition coefficient (Wildman–Crippen LogP) is 1.82. The summed E-state index contributed by atoms with van der Waals surface area (Å²) in [6.07, 6.45) is 0. The Morgan fingerprint density at radius 3 is 2.62 bits per heavy atom. The van der Waals surface area contributed by atoms with Crippen LogP contribution in [0.3, 0.4) is 0 Å². The summed E-state index contributed by atoms with van der Waals surface area (Å²) in [5.74, 6) is 0.0362. The van der Waals surface area contributed by atoms with E-state index in [0.29, 0.717) is 17.9 Å². The van der Waals surface area contributed by atoms with Crippen molar-refractivity contribution in [3.05, 3.63) is 33.9 Å². The van der Waals surface area contributed by atoms with Gasteiger partial charge in [0.05, 0.1) is 12.0 Å². The van der Waals surface area contributed by atoms with Crippen molar-refractivity contribution in [3.8, 4) is 5.75 Å². The first-order chi connectivity index (χ1) is 9.84. The summed E-state index contributed by atoms with van der Waals surface area (Å²) in [4.78, 5) is 22.1. The first-order valence-corrected chi connectivity index (χ1v) is 6.55. The number of carbonyl (C=O) groups is 1. The Labute approximate surface area is 123 Å². The van der Waals surface area contributed by atoms with E-state index in [4.69, 9.17) is 9.47 Å². The quantitative estimate of drug-likeness (QED) is 0.469. The Kier molecular flexibility index (Phi) is 5.66. The van der Waals surface area contributed by atoms with E-state index >= 15 is 0 Å². The Balaban J connectivity index is 2.83. The van der Waals surface area contributed by atoms with Crippen LogP contribution in [0.1, 0.15) is 19.4 Å². The molecule has 116 valence electrons. The number of methoxy groups -OCH3 is 1. The lowest BCUT2D eigenvalue weighted by Gasteiger charge is -2.27. The number of ether oxygens (including phenoxy) is 2. The number of nitro benzene ring substituents is 1. The van der Waals surface area contributed by atoms with Gasteiger partial charge in [-0.3, -0.25) is 15.4 Å². The highest BCUT2D eigenvalue weighted by Crippen LogP contribution is 2.23. The van der Waals surface area contributed by atoms with Gasteiger partial charge < -0.3 is 9.47 Å². The zero-order valence-corrected chi connectivity index (χ0v) is 12.6. The van der Waals surface area contributed by atoms with Crippen molar-refractivity contribution in [3.63, 3.8) is 0 Å². The lowest BCUT2D eigenvalue weighted by molar-refractivity contribution is -0.385. The number of carbonyl (C=O) groups excluding carboxylic acids is 1. The summed E-state index contributed by atoms with van der Waals surface area (Å²) in [5, 5.41) is 13.8. The molecule has 0 heterocycles. The summed E-state index contributed by atoms with van der Waals surface area (Å²) < 4.78 is 10.3. The fourth-order valence-electron chi connectivity index (χ4n) is 1.95. The number of aryl methyl sites for hydroxylation is 1. The average molecular weight is 296 g/mol. The molecule has 0 radical (unpaired) electrons. The van der Waals surface area contributed by atoms with Crippen LogP contribution in [0, 0.1) is 17.0 Å². The minimum absolute atomic E-state index is 0.0322. The summed E-state index contributed by atoms with van der Waals surface area (Å²) in [7, 11) is 1.31. The molecule has 0 aliphatic carbocycles. The molecule has 0 saturated carbocycles. The number of nitro groups is 1. The Hall–Kier alpha value is -2.15. The van der Waals surface area contributed by atoms with Gasteiger partial charge in [0.15, 0.2) is 0 Å². The lowest BCUT2D eigenvalue weighted by Crippen LogP contribution is -2.54. The van der Waals surface area contributed by atoms with Crippen LogP contribution < -0.4 is 10.1 Å². The summed E-state index contributed by atoms with van der Waals surface area (Å²) in [5.41, 5.74) is -0.440. The molecule has 0 bridgehead atoms. The van der Waals surface area contributed by atoms with Crippen molar-refractivity contribution in [2.45, 2.75) is 26.3 Å². The molecule has 1 rings (SSSR count). The van der Waals surface area contributed by atoms with E-state index in [2.05, 4.69) is 5.32 Å². The number of nitrogens with zero attached hydrogens (tertiary/aromatic N) is 1. The molecule has 1 atom stereocenters. The van der Waals surface area contributed by atoms with Crippen LogP contribution in [-0.4, -0.2) is 36.7 Å². The predicted molar refractivity (Wildman–Crippen MR) is 77.4 cm³/mol. The van der Waals surface area contributed by atoms with Crippen molar-refractivity contribution >= 4 is 11.7 Å². The monoisotopic (exact) mass is 296 g/mol. The Bertz CT molecular complexity index is 532. The molecule has 1 aromatic rings. The van der Waals surface area contributed by atoms with E-state index in [0.717, 1.165) is 0 Å². The molecule has 0 saturated heterocycles. The van der Waals surface area contributed by atoms with Crippen LogP contribution in [0.4, 0.5) is 5.69 Å². The smallest absolute Gasteiger partial charge is 0.329 e. The van der Waals surface area contributed by atoms with Gasteiger partial charge in [-0.2, -0.15) is 0 Å². The molecule has 7 nitrogen and oxygen atoms in total. The number of benzene rings is 1. The van der Waals surface area contributed by atoms with E-state index in [1.165, 1.54) is 19.2 Å². The molecule has 7 heteroatoms. The zero-order valence-electron chi connectivity index (χ0n) is 12.6. The first kappa shape index (κ1) is 16.9. The second-order valence-corrected chi connectivity index (χ2v) is 4.85. The molecule has 21 heavy (non-hydrogen) atoms. The van der Waals surface area contributed by atoms with E-state index in [1.54, 1.807) is 19.9 Å². The molecule has 1 aromatic carbocycles. The highest BCUT2D eigenvalue weighted by molar-refractivity contribution is 5.80. The van der Waals surface area contributed by atoms with Gasteiger partial charge in [0.25, 0.3) is 5.69 Å². The summed E-state index contributed by atoms with van der Waals surface area (Å²) >= 11 is 0. The maximum Gasteiger partial charge on any atom is 0.329 e. The molecular weight excluding hydrogens is 276 g/mol. The van der Waals surface area contributed by atoms with Gasteiger partial charge in [0.2, 0.25) is 0 Å². The number of hydrogen-bond acceptors (Lipinski definition) is 6. The van der Waals surface area contributed by atoms with Gasteiger partial charge in [0, 0.05) is 11.6 Å². The van der Waals surface area contributed by atoms with Crippen molar-refractivity contribution < 1.29 is 19.2 Å². The van der Waals surface area contributed by atoms with Gasteiger partial charge in [-0.1, -0.05) is 6.92 Å². The van der Waals surface area contributed by atoms with Crippen molar-refractivity contribution in [2.75, 3.05) is 20.3 Å².